The van der Waals surface area contributed by atoms with Gasteiger partial charge in [0, 0.05) is 19.0 Å². The summed E-state index contributed by atoms with van der Waals surface area (Å²) in [6, 6.07) is 20.8. The molecule has 0 spiro atoms. The van der Waals surface area contributed by atoms with Gasteiger partial charge in [-0.2, -0.15) is 0 Å². The van der Waals surface area contributed by atoms with E-state index in [1.807, 2.05) is 12.1 Å². The van der Waals surface area contributed by atoms with Crippen LogP contribution in [0.15, 0.2) is 60.7 Å². The standard InChI is InChI=1S/C25H33NO/c1-2-3-10-21-15-17-24(18-16-21)25(27)26(19-22-11-6-4-7-12-22)20-23-13-8-5-9-14-23/h4-9,11-14,21,24H,2-3,10,15-20H2,1H3. The fourth-order valence-corrected chi connectivity index (χ4v) is 4.27. The molecule has 0 aliphatic heterocycles. The molecule has 1 aliphatic carbocycles. The van der Waals surface area contributed by atoms with Gasteiger partial charge >= 0.3 is 0 Å². The van der Waals surface area contributed by atoms with Crippen molar-refractivity contribution < 1.29 is 4.79 Å². The van der Waals surface area contributed by atoms with Gasteiger partial charge in [0.2, 0.25) is 5.91 Å². The fourth-order valence-electron chi connectivity index (χ4n) is 4.27. The molecule has 0 N–H and O–H groups in total. The molecule has 1 saturated carbocycles. The van der Waals surface area contributed by atoms with E-state index in [-0.39, 0.29) is 5.92 Å². The Morgan fingerprint density at radius 2 is 1.37 bits per heavy atom. The second-order valence-corrected chi connectivity index (χ2v) is 8.03. The molecule has 0 saturated heterocycles. The Bertz CT molecular complexity index is 632. The molecular weight excluding hydrogens is 330 g/mol. The number of rotatable bonds is 8. The Hall–Kier alpha value is -2.09. The number of carbonyl (C=O) groups excluding carboxylic acids is 1. The Kier molecular flexibility index (Phi) is 7.50. The molecule has 0 aromatic heterocycles. The molecule has 2 aromatic rings. The number of benzene rings is 2. The molecule has 1 fully saturated rings. The van der Waals surface area contributed by atoms with Gasteiger partial charge in [-0.15, -0.1) is 0 Å². The van der Waals surface area contributed by atoms with Crippen LogP contribution >= 0.6 is 0 Å². The largest absolute Gasteiger partial charge is 0.334 e. The van der Waals surface area contributed by atoms with Gasteiger partial charge in [0.05, 0.1) is 0 Å². The molecule has 0 heterocycles. The maximum absolute atomic E-state index is 13.4. The lowest BCUT2D eigenvalue weighted by Gasteiger charge is -2.32. The van der Waals surface area contributed by atoms with Crippen molar-refractivity contribution in [1.82, 2.24) is 4.90 Å². The minimum atomic E-state index is 0.204. The van der Waals surface area contributed by atoms with Crippen LogP contribution in [0.5, 0.6) is 0 Å². The highest BCUT2D eigenvalue weighted by molar-refractivity contribution is 5.79. The Morgan fingerprint density at radius 1 is 0.852 bits per heavy atom. The van der Waals surface area contributed by atoms with Gasteiger partial charge in [-0.1, -0.05) is 86.8 Å². The highest BCUT2D eigenvalue weighted by Crippen LogP contribution is 2.33. The van der Waals surface area contributed by atoms with E-state index in [2.05, 4.69) is 60.4 Å². The minimum absolute atomic E-state index is 0.204. The predicted molar refractivity (Wildman–Crippen MR) is 112 cm³/mol. The number of hydrogen-bond donors (Lipinski definition) is 0. The van der Waals surface area contributed by atoms with Crippen molar-refractivity contribution in [2.45, 2.75) is 65.0 Å². The molecule has 1 amide bonds. The highest BCUT2D eigenvalue weighted by Gasteiger charge is 2.29. The van der Waals surface area contributed by atoms with Crippen LogP contribution in [0, 0.1) is 11.8 Å². The predicted octanol–water partition coefficient (Wildman–Crippen LogP) is 6.21. The molecule has 144 valence electrons. The maximum Gasteiger partial charge on any atom is 0.226 e. The summed E-state index contributed by atoms with van der Waals surface area (Å²) in [4.78, 5) is 15.4. The lowest BCUT2D eigenvalue weighted by Crippen LogP contribution is -2.37. The van der Waals surface area contributed by atoms with Gasteiger partial charge in [-0.05, 0) is 42.7 Å². The molecule has 0 bridgehead atoms. The van der Waals surface area contributed by atoms with Crippen LogP contribution < -0.4 is 0 Å². The minimum Gasteiger partial charge on any atom is -0.334 e. The Morgan fingerprint density at radius 3 is 1.85 bits per heavy atom. The third kappa shape index (κ3) is 5.95. The zero-order chi connectivity index (χ0) is 18.9. The Labute approximate surface area is 164 Å². The van der Waals surface area contributed by atoms with E-state index in [0.717, 1.165) is 18.8 Å². The SMILES string of the molecule is CCCCC1CCC(C(=O)N(Cc2ccccc2)Cc2ccccc2)CC1. The van der Waals surface area contributed by atoms with Crippen LogP contribution in [0.4, 0.5) is 0 Å². The van der Waals surface area contributed by atoms with Crippen LogP contribution in [-0.2, 0) is 17.9 Å². The third-order valence-electron chi connectivity index (χ3n) is 5.91. The summed E-state index contributed by atoms with van der Waals surface area (Å²) in [5, 5.41) is 0. The normalized spacial score (nSPS) is 19.6. The number of nitrogens with zero attached hydrogens (tertiary/aromatic N) is 1. The average molecular weight is 364 g/mol. The summed E-state index contributed by atoms with van der Waals surface area (Å²) in [7, 11) is 0. The van der Waals surface area contributed by atoms with Crippen molar-refractivity contribution in [2.24, 2.45) is 11.8 Å². The molecule has 0 radical (unpaired) electrons. The number of hydrogen-bond acceptors (Lipinski definition) is 1. The summed E-state index contributed by atoms with van der Waals surface area (Å²) >= 11 is 0. The first-order chi connectivity index (χ1) is 13.3. The Balaban J connectivity index is 1.65. The van der Waals surface area contributed by atoms with Crippen LogP contribution in [-0.4, -0.2) is 10.8 Å². The number of carbonyl (C=O) groups is 1. The lowest BCUT2D eigenvalue weighted by atomic mass is 9.79. The van der Waals surface area contributed by atoms with Crippen molar-refractivity contribution in [3.63, 3.8) is 0 Å². The lowest BCUT2D eigenvalue weighted by molar-refractivity contribution is -0.138. The molecule has 1 aliphatic rings. The summed E-state index contributed by atoms with van der Waals surface area (Å²) in [6.07, 6.45) is 8.52. The summed E-state index contributed by atoms with van der Waals surface area (Å²) in [5.74, 6) is 1.39. The van der Waals surface area contributed by atoms with Crippen molar-refractivity contribution in [2.75, 3.05) is 0 Å². The molecule has 2 aromatic carbocycles. The molecule has 0 atom stereocenters. The zero-order valence-electron chi connectivity index (χ0n) is 16.6. The van der Waals surface area contributed by atoms with Crippen LogP contribution in [0.1, 0.15) is 63.0 Å². The van der Waals surface area contributed by atoms with Crippen molar-refractivity contribution in [1.29, 1.82) is 0 Å². The van der Waals surface area contributed by atoms with Gasteiger partial charge in [-0.25, -0.2) is 0 Å². The van der Waals surface area contributed by atoms with Crippen molar-refractivity contribution in [3.8, 4) is 0 Å². The van der Waals surface area contributed by atoms with E-state index >= 15 is 0 Å². The molecule has 0 unspecified atom stereocenters. The van der Waals surface area contributed by atoms with Gasteiger partial charge in [0.1, 0.15) is 0 Å². The van der Waals surface area contributed by atoms with Crippen LogP contribution in [0.25, 0.3) is 0 Å². The molecule has 2 nitrogen and oxygen atoms in total. The summed E-state index contributed by atoms with van der Waals surface area (Å²) in [5.41, 5.74) is 2.41. The number of unbranched alkanes of at least 4 members (excludes halogenated alkanes) is 1. The average Bonchev–Trinajstić information content (AvgIpc) is 2.73. The first kappa shape index (κ1) is 19.7. The topological polar surface area (TPSA) is 20.3 Å². The van der Waals surface area contributed by atoms with E-state index in [9.17, 15) is 4.79 Å². The second-order valence-electron chi connectivity index (χ2n) is 8.03. The van der Waals surface area contributed by atoms with E-state index in [1.165, 1.54) is 43.2 Å². The van der Waals surface area contributed by atoms with E-state index < -0.39 is 0 Å². The number of amides is 1. The van der Waals surface area contributed by atoms with Gasteiger partial charge in [0.15, 0.2) is 0 Å². The smallest absolute Gasteiger partial charge is 0.226 e. The second kappa shape index (κ2) is 10.3. The maximum atomic E-state index is 13.4. The van der Waals surface area contributed by atoms with E-state index in [0.29, 0.717) is 19.0 Å². The van der Waals surface area contributed by atoms with Gasteiger partial charge < -0.3 is 4.90 Å². The molecular formula is C25H33NO. The van der Waals surface area contributed by atoms with Crippen molar-refractivity contribution in [3.05, 3.63) is 71.8 Å². The molecule has 3 rings (SSSR count). The highest BCUT2D eigenvalue weighted by atomic mass is 16.2. The quantitative estimate of drug-likeness (QED) is 0.546. The van der Waals surface area contributed by atoms with Crippen LogP contribution in [0.3, 0.4) is 0 Å². The zero-order valence-corrected chi connectivity index (χ0v) is 16.6. The first-order valence-corrected chi connectivity index (χ1v) is 10.6. The fraction of sp³-hybridized carbons (Fsp3) is 0.480. The van der Waals surface area contributed by atoms with E-state index in [1.54, 1.807) is 0 Å². The van der Waals surface area contributed by atoms with Gasteiger partial charge in [0.25, 0.3) is 0 Å². The summed E-state index contributed by atoms with van der Waals surface area (Å²) < 4.78 is 0. The van der Waals surface area contributed by atoms with Crippen molar-refractivity contribution >= 4 is 5.91 Å². The first-order valence-electron chi connectivity index (χ1n) is 10.6. The van der Waals surface area contributed by atoms with Crippen LogP contribution in [0.2, 0.25) is 0 Å². The molecule has 2 heteroatoms. The summed E-state index contributed by atoms with van der Waals surface area (Å²) in [6.45, 7) is 3.66. The molecule has 27 heavy (non-hydrogen) atoms. The van der Waals surface area contributed by atoms with Gasteiger partial charge in [-0.3, -0.25) is 4.79 Å². The monoisotopic (exact) mass is 363 g/mol. The third-order valence-corrected chi connectivity index (χ3v) is 5.91. The van der Waals surface area contributed by atoms with E-state index in [4.69, 9.17) is 0 Å².